The van der Waals surface area contributed by atoms with E-state index in [9.17, 15) is 14.4 Å². The number of esters is 1. The summed E-state index contributed by atoms with van der Waals surface area (Å²) in [5, 5.41) is 3.26. The summed E-state index contributed by atoms with van der Waals surface area (Å²) in [7, 11) is 0. The summed E-state index contributed by atoms with van der Waals surface area (Å²) in [6.07, 6.45) is 3.78. The first-order valence-corrected chi connectivity index (χ1v) is 9.66. The van der Waals surface area contributed by atoms with Crippen LogP contribution in [0.5, 0.6) is 0 Å². The van der Waals surface area contributed by atoms with Crippen LogP contribution in [0.15, 0.2) is 12.2 Å². The molecule has 1 N–H and O–H groups in total. The second-order valence-corrected chi connectivity index (χ2v) is 7.64. The lowest BCUT2D eigenvalue weighted by Gasteiger charge is -2.21. The van der Waals surface area contributed by atoms with Gasteiger partial charge in [-0.3, -0.25) is 9.59 Å². The predicted molar refractivity (Wildman–Crippen MR) is 103 cm³/mol. The van der Waals surface area contributed by atoms with E-state index in [2.05, 4.69) is 11.9 Å². The summed E-state index contributed by atoms with van der Waals surface area (Å²) >= 11 is 1.43. The molecule has 2 amide bonds. The minimum Gasteiger partial charge on any atom is -0.452 e. The maximum atomic E-state index is 12.7. The molecule has 0 aromatic carbocycles. The lowest BCUT2D eigenvalue weighted by atomic mass is 9.95. The molecule has 0 saturated carbocycles. The minimum absolute atomic E-state index is 0.229. The third kappa shape index (κ3) is 4.94. The Morgan fingerprint density at radius 1 is 1.23 bits per heavy atom. The maximum absolute atomic E-state index is 12.7. The number of thiophene rings is 1. The summed E-state index contributed by atoms with van der Waals surface area (Å²) in [5.74, 6) is -1.03. The highest BCUT2D eigenvalue weighted by Crippen LogP contribution is 2.38. The number of nitrogens with zero attached hydrogens (tertiary/aromatic N) is 1. The van der Waals surface area contributed by atoms with Crippen molar-refractivity contribution in [3.8, 4) is 0 Å². The van der Waals surface area contributed by atoms with E-state index < -0.39 is 5.97 Å². The van der Waals surface area contributed by atoms with Crippen LogP contribution in [0, 0.1) is 0 Å². The molecule has 6 nitrogen and oxygen atoms in total. The number of anilines is 1. The van der Waals surface area contributed by atoms with Crippen LogP contribution in [0.3, 0.4) is 0 Å². The van der Waals surface area contributed by atoms with Gasteiger partial charge in [-0.05, 0) is 45.1 Å². The first-order chi connectivity index (χ1) is 12.3. The van der Waals surface area contributed by atoms with E-state index in [1.54, 1.807) is 4.90 Å². The van der Waals surface area contributed by atoms with Crippen molar-refractivity contribution in [1.82, 2.24) is 4.90 Å². The fourth-order valence-electron chi connectivity index (χ4n) is 3.02. The third-order valence-corrected chi connectivity index (χ3v) is 5.39. The zero-order chi connectivity index (χ0) is 19.3. The number of hydrogen-bond acceptors (Lipinski definition) is 5. The third-order valence-electron chi connectivity index (χ3n) is 4.19. The lowest BCUT2D eigenvalue weighted by Crippen LogP contribution is -2.35. The highest BCUT2D eigenvalue weighted by Gasteiger charge is 2.27. The number of fused-ring (bicyclic) bond motifs is 1. The van der Waals surface area contributed by atoms with Crippen molar-refractivity contribution in [1.29, 1.82) is 0 Å². The number of rotatable bonds is 7. The average Bonchev–Trinajstić information content (AvgIpc) is 2.94. The second kappa shape index (κ2) is 8.98. The molecule has 0 saturated heterocycles. The van der Waals surface area contributed by atoms with Crippen molar-refractivity contribution in [2.24, 2.45) is 0 Å². The fourth-order valence-corrected chi connectivity index (χ4v) is 4.35. The van der Waals surface area contributed by atoms with Crippen molar-refractivity contribution >= 4 is 34.1 Å². The fraction of sp³-hybridized carbons (Fsp3) is 0.526. The van der Waals surface area contributed by atoms with E-state index >= 15 is 0 Å². The molecule has 0 bridgehead atoms. The van der Waals surface area contributed by atoms with E-state index in [-0.39, 0.29) is 18.4 Å². The molecule has 1 aromatic heterocycles. The largest absolute Gasteiger partial charge is 0.452 e. The molecule has 7 heteroatoms. The summed E-state index contributed by atoms with van der Waals surface area (Å²) in [6, 6.07) is 0. The van der Waals surface area contributed by atoms with Gasteiger partial charge in [-0.1, -0.05) is 12.2 Å². The van der Waals surface area contributed by atoms with Crippen molar-refractivity contribution < 1.29 is 19.1 Å². The molecule has 1 aliphatic rings. The topological polar surface area (TPSA) is 75.7 Å². The van der Waals surface area contributed by atoms with Gasteiger partial charge in [-0.2, -0.15) is 0 Å². The Kier molecular flexibility index (Phi) is 6.97. The van der Waals surface area contributed by atoms with Gasteiger partial charge in [-0.25, -0.2) is 4.79 Å². The van der Waals surface area contributed by atoms with Crippen LogP contribution in [0.2, 0.25) is 0 Å². The number of likely N-dealkylation sites (N-methyl/N-ethyl adjacent to an activating group) is 1. The number of amides is 2. The molecule has 1 aliphatic carbocycles. The van der Waals surface area contributed by atoms with Crippen molar-refractivity contribution in [2.45, 2.75) is 46.5 Å². The predicted octanol–water partition coefficient (Wildman–Crippen LogP) is 3.17. The van der Waals surface area contributed by atoms with E-state index in [0.29, 0.717) is 23.7 Å². The smallest absolute Gasteiger partial charge is 0.341 e. The molecule has 26 heavy (non-hydrogen) atoms. The lowest BCUT2D eigenvalue weighted by molar-refractivity contribution is -0.133. The SMILES string of the molecule is C=C(C)CN(CC)C(=O)COC(=O)c1c(NC(C)=O)sc2c1CCCC2. The zero-order valence-corrected chi connectivity index (χ0v) is 16.5. The van der Waals surface area contributed by atoms with E-state index in [0.717, 1.165) is 41.7 Å². The van der Waals surface area contributed by atoms with Gasteiger partial charge in [-0.15, -0.1) is 11.3 Å². The molecule has 1 heterocycles. The number of carbonyl (C=O) groups excluding carboxylic acids is 3. The quantitative estimate of drug-likeness (QED) is 0.584. The molecule has 0 atom stereocenters. The molecular formula is C19H26N2O4S. The number of carbonyl (C=O) groups is 3. The average molecular weight is 378 g/mol. The maximum Gasteiger partial charge on any atom is 0.341 e. The molecular weight excluding hydrogens is 352 g/mol. The van der Waals surface area contributed by atoms with Crippen LogP contribution >= 0.6 is 11.3 Å². The van der Waals surface area contributed by atoms with Crippen molar-refractivity contribution in [2.75, 3.05) is 25.0 Å². The van der Waals surface area contributed by atoms with Gasteiger partial charge in [0.1, 0.15) is 5.00 Å². The van der Waals surface area contributed by atoms with Gasteiger partial charge >= 0.3 is 5.97 Å². The van der Waals surface area contributed by atoms with Gasteiger partial charge in [0.05, 0.1) is 5.56 Å². The molecule has 0 aliphatic heterocycles. The first-order valence-electron chi connectivity index (χ1n) is 8.84. The molecule has 0 fully saturated rings. The Bertz CT molecular complexity index is 723. The highest BCUT2D eigenvalue weighted by atomic mass is 32.1. The number of hydrogen-bond donors (Lipinski definition) is 1. The number of ether oxygens (including phenoxy) is 1. The van der Waals surface area contributed by atoms with Gasteiger partial charge in [0.15, 0.2) is 6.61 Å². The van der Waals surface area contributed by atoms with Crippen LogP contribution < -0.4 is 5.32 Å². The van der Waals surface area contributed by atoms with Crippen molar-refractivity contribution in [3.63, 3.8) is 0 Å². The number of aryl methyl sites for hydroxylation is 1. The molecule has 142 valence electrons. The summed E-state index contributed by atoms with van der Waals surface area (Å²) < 4.78 is 5.30. The molecule has 0 spiro atoms. The van der Waals surface area contributed by atoms with Gasteiger partial charge in [0.2, 0.25) is 5.91 Å². The molecule has 0 unspecified atom stereocenters. The van der Waals surface area contributed by atoms with Crippen LogP contribution in [0.1, 0.15) is 54.4 Å². The number of nitrogens with one attached hydrogen (secondary N) is 1. The highest BCUT2D eigenvalue weighted by molar-refractivity contribution is 7.17. The molecule has 0 radical (unpaired) electrons. The Balaban J connectivity index is 2.13. The van der Waals surface area contributed by atoms with Crippen LogP contribution in [-0.2, 0) is 27.2 Å². The van der Waals surface area contributed by atoms with E-state index in [4.69, 9.17) is 4.74 Å². The Labute approximate surface area is 158 Å². The Hall–Kier alpha value is -2.15. The minimum atomic E-state index is -0.548. The Morgan fingerprint density at radius 3 is 2.54 bits per heavy atom. The van der Waals surface area contributed by atoms with Crippen LogP contribution in [0.25, 0.3) is 0 Å². The standard InChI is InChI=1S/C19H26N2O4S/c1-5-21(10-12(2)3)16(23)11-25-19(24)17-14-8-6-7-9-15(14)26-18(17)20-13(4)22/h2,5-11H2,1,3-4H3,(H,20,22). The first kappa shape index (κ1) is 20.2. The second-order valence-electron chi connectivity index (χ2n) is 6.54. The van der Waals surface area contributed by atoms with E-state index in [1.807, 2.05) is 13.8 Å². The van der Waals surface area contributed by atoms with Crippen molar-refractivity contribution in [3.05, 3.63) is 28.2 Å². The molecule has 1 aromatic rings. The van der Waals surface area contributed by atoms with E-state index in [1.165, 1.54) is 18.3 Å². The summed E-state index contributed by atoms with van der Waals surface area (Å²) in [5.41, 5.74) is 2.23. The molecule has 2 rings (SSSR count). The normalized spacial score (nSPS) is 12.9. The monoisotopic (exact) mass is 378 g/mol. The van der Waals surface area contributed by atoms with Gasteiger partial charge in [0, 0.05) is 24.9 Å². The van der Waals surface area contributed by atoms with Crippen LogP contribution in [0.4, 0.5) is 5.00 Å². The van der Waals surface area contributed by atoms with Gasteiger partial charge in [0.25, 0.3) is 5.91 Å². The zero-order valence-electron chi connectivity index (χ0n) is 15.6. The summed E-state index contributed by atoms with van der Waals surface area (Å²) in [4.78, 5) is 39.1. The Morgan fingerprint density at radius 2 is 1.92 bits per heavy atom. The summed E-state index contributed by atoms with van der Waals surface area (Å²) in [6.45, 7) is 9.58. The van der Waals surface area contributed by atoms with Crippen LogP contribution in [-0.4, -0.2) is 42.4 Å². The van der Waals surface area contributed by atoms with Gasteiger partial charge < -0.3 is 15.0 Å².